The molecule has 6 nitrogen and oxygen atoms in total. The summed E-state index contributed by atoms with van der Waals surface area (Å²) in [6.07, 6.45) is 8.43. The highest BCUT2D eigenvalue weighted by molar-refractivity contribution is 5.91. The number of nitro groups is 1. The lowest BCUT2D eigenvalue weighted by Crippen LogP contribution is -2.31. The molecule has 0 aliphatic carbocycles. The van der Waals surface area contributed by atoms with Crippen LogP contribution in [0.5, 0.6) is 0 Å². The maximum absolute atomic E-state index is 13.0. The molecular weight excluding hydrogens is 414 g/mol. The Morgan fingerprint density at radius 2 is 1.88 bits per heavy atom. The molecule has 0 unspecified atom stereocenters. The van der Waals surface area contributed by atoms with E-state index in [1.807, 2.05) is 11.0 Å². The molecule has 3 aromatic rings. The van der Waals surface area contributed by atoms with E-state index in [9.17, 15) is 14.9 Å². The van der Waals surface area contributed by atoms with Crippen molar-refractivity contribution in [1.82, 2.24) is 9.47 Å². The second kappa shape index (κ2) is 11.8. The topological polar surface area (TPSA) is 68.4 Å². The minimum atomic E-state index is -0.431. The summed E-state index contributed by atoms with van der Waals surface area (Å²) in [5.41, 5.74) is 4.34. The molecule has 3 rings (SSSR count). The van der Waals surface area contributed by atoms with E-state index in [1.54, 1.807) is 24.3 Å². The van der Waals surface area contributed by atoms with E-state index in [0.29, 0.717) is 13.1 Å². The number of rotatable bonds is 11. The van der Waals surface area contributed by atoms with Crippen molar-refractivity contribution in [3.05, 3.63) is 105 Å². The Hall–Kier alpha value is -3.67. The zero-order valence-electron chi connectivity index (χ0n) is 19.3. The normalized spacial score (nSPS) is 11.1. The van der Waals surface area contributed by atoms with Gasteiger partial charge in [-0.25, -0.2) is 0 Å². The molecule has 0 radical (unpaired) electrons. The molecule has 1 amide bonds. The van der Waals surface area contributed by atoms with Gasteiger partial charge in [0, 0.05) is 43.2 Å². The van der Waals surface area contributed by atoms with Crippen molar-refractivity contribution >= 4 is 17.7 Å². The number of nitrogens with zero attached hydrogens (tertiary/aromatic N) is 3. The Morgan fingerprint density at radius 3 is 2.58 bits per heavy atom. The number of amides is 1. The maximum atomic E-state index is 13.0. The van der Waals surface area contributed by atoms with Gasteiger partial charge in [-0.05, 0) is 54.8 Å². The van der Waals surface area contributed by atoms with Crippen molar-refractivity contribution in [3.8, 4) is 0 Å². The number of benzene rings is 2. The van der Waals surface area contributed by atoms with Crippen LogP contribution in [-0.2, 0) is 17.9 Å². The minimum Gasteiger partial charge on any atom is -0.345 e. The third kappa shape index (κ3) is 7.17. The average molecular weight is 446 g/mol. The van der Waals surface area contributed by atoms with Crippen LogP contribution in [0.15, 0.2) is 72.9 Å². The summed E-state index contributed by atoms with van der Waals surface area (Å²) >= 11 is 0. The zero-order valence-corrected chi connectivity index (χ0v) is 19.3. The predicted molar refractivity (Wildman–Crippen MR) is 132 cm³/mol. The number of hydrogen-bond acceptors (Lipinski definition) is 3. The van der Waals surface area contributed by atoms with E-state index in [4.69, 9.17) is 0 Å². The van der Waals surface area contributed by atoms with E-state index in [1.165, 1.54) is 23.3 Å². The number of nitro benzene ring substituents is 1. The first-order valence-corrected chi connectivity index (χ1v) is 11.4. The molecule has 0 spiro atoms. The van der Waals surface area contributed by atoms with Crippen LogP contribution < -0.4 is 0 Å². The highest BCUT2D eigenvalue weighted by atomic mass is 16.6. The largest absolute Gasteiger partial charge is 0.345 e. The van der Waals surface area contributed by atoms with Gasteiger partial charge in [0.05, 0.1) is 11.5 Å². The van der Waals surface area contributed by atoms with Crippen LogP contribution in [0.4, 0.5) is 5.69 Å². The monoisotopic (exact) mass is 445 g/mol. The SMILES string of the molecule is CCCCCN(Cc1cccn1Cc1cccc(C)c1)C(=O)C=Cc1ccc([N+](=O)[O-])cc1. The summed E-state index contributed by atoms with van der Waals surface area (Å²) < 4.78 is 2.19. The van der Waals surface area contributed by atoms with E-state index in [0.717, 1.165) is 37.1 Å². The number of unbranched alkanes of at least 4 members (excludes halogenated alkanes) is 2. The van der Waals surface area contributed by atoms with Crippen LogP contribution in [0.2, 0.25) is 0 Å². The van der Waals surface area contributed by atoms with E-state index >= 15 is 0 Å². The lowest BCUT2D eigenvalue weighted by Gasteiger charge is -2.22. The Labute approximate surface area is 195 Å². The van der Waals surface area contributed by atoms with Crippen molar-refractivity contribution in [3.63, 3.8) is 0 Å². The molecule has 0 bridgehead atoms. The average Bonchev–Trinajstić information content (AvgIpc) is 3.23. The van der Waals surface area contributed by atoms with E-state index in [-0.39, 0.29) is 11.6 Å². The number of carbonyl (C=O) groups is 1. The van der Waals surface area contributed by atoms with Crippen LogP contribution in [0.3, 0.4) is 0 Å². The summed E-state index contributed by atoms with van der Waals surface area (Å²) in [5, 5.41) is 10.8. The molecule has 0 saturated heterocycles. The second-order valence-corrected chi connectivity index (χ2v) is 8.27. The van der Waals surface area contributed by atoms with Crippen molar-refractivity contribution in [2.24, 2.45) is 0 Å². The number of aromatic nitrogens is 1. The Morgan fingerprint density at radius 1 is 1.09 bits per heavy atom. The Balaban J connectivity index is 1.72. The predicted octanol–water partition coefficient (Wildman–Crippen LogP) is 5.99. The van der Waals surface area contributed by atoms with Gasteiger partial charge in [0.15, 0.2) is 0 Å². The fourth-order valence-corrected chi connectivity index (χ4v) is 3.75. The highest BCUT2D eigenvalue weighted by Gasteiger charge is 2.14. The molecule has 1 aromatic heterocycles. The van der Waals surface area contributed by atoms with Gasteiger partial charge in [0.2, 0.25) is 5.91 Å². The molecule has 0 fully saturated rings. The quantitative estimate of drug-likeness (QED) is 0.158. The standard InChI is InChI=1S/C27H31N3O3/c1-3-4-5-17-29(27(31)16-13-23-11-14-25(15-12-23)30(32)33)21-26-10-7-18-28(26)20-24-9-6-8-22(2)19-24/h6-16,18-19H,3-5,17,20-21H2,1-2H3. The summed E-state index contributed by atoms with van der Waals surface area (Å²) in [4.78, 5) is 25.3. The lowest BCUT2D eigenvalue weighted by molar-refractivity contribution is -0.384. The second-order valence-electron chi connectivity index (χ2n) is 8.27. The summed E-state index contributed by atoms with van der Waals surface area (Å²) in [7, 11) is 0. The smallest absolute Gasteiger partial charge is 0.269 e. The van der Waals surface area contributed by atoms with Crippen molar-refractivity contribution in [2.75, 3.05) is 6.54 Å². The highest BCUT2D eigenvalue weighted by Crippen LogP contribution is 2.15. The number of aryl methyl sites for hydroxylation is 1. The van der Waals surface area contributed by atoms with Crippen LogP contribution in [0.1, 0.15) is 48.6 Å². The van der Waals surface area contributed by atoms with Crippen LogP contribution in [-0.4, -0.2) is 26.8 Å². The fraction of sp³-hybridized carbons (Fsp3) is 0.296. The number of carbonyl (C=O) groups excluding carboxylic acids is 1. The van der Waals surface area contributed by atoms with Crippen molar-refractivity contribution in [1.29, 1.82) is 0 Å². The van der Waals surface area contributed by atoms with Crippen molar-refractivity contribution < 1.29 is 9.72 Å². The van der Waals surface area contributed by atoms with Gasteiger partial charge in [0.25, 0.3) is 5.69 Å². The van der Waals surface area contributed by atoms with Gasteiger partial charge < -0.3 is 9.47 Å². The number of non-ortho nitro benzene ring substituents is 1. The van der Waals surface area contributed by atoms with E-state index in [2.05, 4.69) is 54.9 Å². The Bertz CT molecular complexity index is 1100. The van der Waals surface area contributed by atoms with E-state index < -0.39 is 4.92 Å². The van der Waals surface area contributed by atoms with Gasteiger partial charge >= 0.3 is 0 Å². The molecule has 172 valence electrons. The Kier molecular flexibility index (Phi) is 8.58. The summed E-state index contributed by atoms with van der Waals surface area (Å²) in [6, 6.07) is 18.7. The maximum Gasteiger partial charge on any atom is 0.269 e. The molecule has 1 heterocycles. The minimum absolute atomic E-state index is 0.0361. The molecule has 0 N–H and O–H groups in total. The fourth-order valence-electron chi connectivity index (χ4n) is 3.75. The van der Waals surface area contributed by atoms with Gasteiger partial charge in [-0.15, -0.1) is 0 Å². The van der Waals surface area contributed by atoms with Crippen LogP contribution >= 0.6 is 0 Å². The van der Waals surface area contributed by atoms with Gasteiger partial charge in [-0.2, -0.15) is 0 Å². The molecule has 6 heteroatoms. The molecule has 33 heavy (non-hydrogen) atoms. The molecule has 0 aliphatic heterocycles. The third-order valence-corrected chi connectivity index (χ3v) is 5.58. The van der Waals surface area contributed by atoms with Gasteiger partial charge in [-0.1, -0.05) is 49.6 Å². The number of hydrogen-bond donors (Lipinski definition) is 0. The molecule has 0 saturated carbocycles. The third-order valence-electron chi connectivity index (χ3n) is 5.58. The van der Waals surface area contributed by atoms with Gasteiger partial charge in [-0.3, -0.25) is 14.9 Å². The van der Waals surface area contributed by atoms with Gasteiger partial charge in [0.1, 0.15) is 0 Å². The molecule has 0 atom stereocenters. The molecular formula is C27H31N3O3. The first-order chi connectivity index (χ1) is 16.0. The molecule has 2 aromatic carbocycles. The summed E-state index contributed by atoms with van der Waals surface area (Å²) in [6.45, 7) is 6.22. The molecule has 0 aliphatic rings. The first kappa shape index (κ1) is 24.0. The zero-order chi connectivity index (χ0) is 23.6. The van der Waals surface area contributed by atoms with Crippen LogP contribution in [0.25, 0.3) is 6.08 Å². The lowest BCUT2D eigenvalue weighted by atomic mass is 10.1. The van der Waals surface area contributed by atoms with Crippen molar-refractivity contribution in [2.45, 2.75) is 46.2 Å². The van der Waals surface area contributed by atoms with Crippen LogP contribution in [0, 0.1) is 17.0 Å². The first-order valence-electron chi connectivity index (χ1n) is 11.4. The summed E-state index contributed by atoms with van der Waals surface area (Å²) in [5.74, 6) is -0.0623.